The summed E-state index contributed by atoms with van der Waals surface area (Å²) in [5, 5.41) is 10.5. The minimum absolute atomic E-state index is 0.217. The highest BCUT2D eigenvalue weighted by Gasteiger charge is 2.62. The van der Waals surface area contributed by atoms with Gasteiger partial charge in [-0.05, 0) is 113 Å². The van der Waals surface area contributed by atoms with E-state index in [0.717, 1.165) is 48.6 Å². The smallest absolute Gasteiger partial charge is 0.336 e. The summed E-state index contributed by atoms with van der Waals surface area (Å²) in [5.41, 5.74) is 0.434. The third kappa shape index (κ3) is 2.23. The molecule has 0 atom stereocenters. The second-order valence-corrected chi connectivity index (χ2v) is 12.4. The van der Waals surface area contributed by atoms with Crippen LogP contribution in [0.1, 0.15) is 77.0 Å². The van der Waals surface area contributed by atoms with Crippen molar-refractivity contribution in [1.82, 2.24) is 9.80 Å². The standard InChI is InChI=1S/C24H36N2O2/c27-22(28)21-25(23-9-15-3-16(10-23)5-17(4-15)11-23)1-2-26(21)24-12-18-6-19(13-24)8-20(7-18)14-24/h15-21H,1-14H2,(H,27,28). The van der Waals surface area contributed by atoms with Crippen molar-refractivity contribution in [3.8, 4) is 0 Å². The molecule has 0 unspecified atom stereocenters. The number of aliphatic carboxylic acids is 1. The Morgan fingerprint density at radius 3 is 1.14 bits per heavy atom. The quantitative estimate of drug-likeness (QED) is 0.800. The first-order valence-corrected chi connectivity index (χ1v) is 12.3. The summed E-state index contributed by atoms with van der Waals surface area (Å²) in [7, 11) is 0. The lowest BCUT2D eigenvalue weighted by Crippen LogP contribution is -2.67. The van der Waals surface area contributed by atoms with Gasteiger partial charge >= 0.3 is 5.97 Å². The van der Waals surface area contributed by atoms with Crippen LogP contribution in [-0.2, 0) is 4.79 Å². The molecule has 1 aliphatic heterocycles. The maximum Gasteiger partial charge on any atom is 0.336 e. The summed E-state index contributed by atoms with van der Waals surface area (Å²) in [6.45, 7) is 2.01. The molecule has 9 fully saturated rings. The van der Waals surface area contributed by atoms with Crippen LogP contribution in [0.4, 0.5) is 0 Å². The number of hydrogen-bond donors (Lipinski definition) is 1. The van der Waals surface area contributed by atoms with E-state index in [-0.39, 0.29) is 17.2 Å². The minimum Gasteiger partial charge on any atom is -0.479 e. The summed E-state index contributed by atoms with van der Waals surface area (Å²) in [6.07, 6.45) is 16.0. The van der Waals surface area contributed by atoms with Gasteiger partial charge < -0.3 is 5.11 Å². The maximum absolute atomic E-state index is 12.7. The van der Waals surface area contributed by atoms with E-state index in [9.17, 15) is 9.90 Å². The Bertz CT molecular complexity index is 580. The molecular weight excluding hydrogens is 348 g/mol. The molecule has 8 aliphatic carbocycles. The fourth-order valence-corrected chi connectivity index (χ4v) is 10.7. The predicted molar refractivity (Wildman–Crippen MR) is 107 cm³/mol. The number of carboxylic acid groups (broad SMARTS) is 1. The van der Waals surface area contributed by atoms with Crippen LogP contribution in [0.5, 0.6) is 0 Å². The fraction of sp³-hybridized carbons (Fsp3) is 0.958. The molecule has 8 bridgehead atoms. The van der Waals surface area contributed by atoms with E-state index < -0.39 is 5.97 Å². The SMILES string of the molecule is O=C(O)C1N(C23CC4CC(CC(C4)C2)C3)CCN1C12CC3CC(CC(C3)C1)C2. The van der Waals surface area contributed by atoms with E-state index >= 15 is 0 Å². The summed E-state index contributed by atoms with van der Waals surface area (Å²) < 4.78 is 0. The van der Waals surface area contributed by atoms with Gasteiger partial charge in [0, 0.05) is 24.2 Å². The van der Waals surface area contributed by atoms with Crippen molar-refractivity contribution in [1.29, 1.82) is 0 Å². The molecule has 9 aliphatic rings. The molecule has 4 nitrogen and oxygen atoms in total. The van der Waals surface area contributed by atoms with Crippen LogP contribution < -0.4 is 0 Å². The average Bonchev–Trinajstić information content (AvgIpc) is 3.06. The lowest BCUT2D eigenvalue weighted by Gasteiger charge is -2.63. The first kappa shape index (κ1) is 17.1. The first-order valence-electron chi connectivity index (χ1n) is 12.3. The zero-order valence-electron chi connectivity index (χ0n) is 17.2. The topological polar surface area (TPSA) is 43.8 Å². The second-order valence-electron chi connectivity index (χ2n) is 12.4. The van der Waals surface area contributed by atoms with Gasteiger partial charge in [-0.2, -0.15) is 0 Å². The molecule has 28 heavy (non-hydrogen) atoms. The van der Waals surface area contributed by atoms with Crippen LogP contribution in [0.25, 0.3) is 0 Å². The average molecular weight is 385 g/mol. The Kier molecular flexibility index (Phi) is 3.39. The van der Waals surface area contributed by atoms with Crippen molar-refractivity contribution in [3.05, 3.63) is 0 Å². The van der Waals surface area contributed by atoms with Gasteiger partial charge in [-0.3, -0.25) is 9.80 Å². The normalized spacial score (nSPS) is 57.4. The molecule has 1 saturated heterocycles. The van der Waals surface area contributed by atoms with Gasteiger partial charge in [-0.25, -0.2) is 4.79 Å². The van der Waals surface area contributed by atoms with E-state index in [4.69, 9.17) is 0 Å². The zero-order valence-corrected chi connectivity index (χ0v) is 17.2. The van der Waals surface area contributed by atoms with E-state index in [1.807, 2.05) is 0 Å². The number of carbonyl (C=O) groups is 1. The Labute approximate surface area is 169 Å². The van der Waals surface area contributed by atoms with Crippen LogP contribution >= 0.6 is 0 Å². The van der Waals surface area contributed by atoms with Gasteiger partial charge in [-0.1, -0.05) is 0 Å². The summed E-state index contributed by atoms with van der Waals surface area (Å²) in [5.74, 6) is 4.75. The highest BCUT2D eigenvalue weighted by Crippen LogP contribution is 2.61. The van der Waals surface area contributed by atoms with Gasteiger partial charge in [0.15, 0.2) is 6.17 Å². The van der Waals surface area contributed by atoms with Crippen LogP contribution in [0.15, 0.2) is 0 Å². The number of rotatable bonds is 3. The van der Waals surface area contributed by atoms with E-state index in [1.54, 1.807) is 0 Å². The molecule has 4 heteroatoms. The fourth-order valence-electron chi connectivity index (χ4n) is 10.7. The third-order valence-electron chi connectivity index (χ3n) is 10.6. The van der Waals surface area contributed by atoms with Crippen molar-refractivity contribution in [2.75, 3.05) is 13.1 Å². The Morgan fingerprint density at radius 2 is 0.893 bits per heavy atom. The highest BCUT2D eigenvalue weighted by atomic mass is 16.4. The van der Waals surface area contributed by atoms with Gasteiger partial charge in [0.05, 0.1) is 0 Å². The van der Waals surface area contributed by atoms with Crippen LogP contribution in [0.2, 0.25) is 0 Å². The van der Waals surface area contributed by atoms with Crippen molar-refractivity contribution >= 4 is 5.97 Å². The van der Waals surface area contributed by atoms with E-state index in [2.05, 4.69) is 9.80 Å². The summed E-state index contributed by atoms with van der Waals surface area (Å²) in [4.78, 5) is 17.8. The number of carboxylic acids is 1. The number of hydrogen-bond acceptors (Lipinski definition) is 3. The summed E-state index contributed by atoms with van der Waals surface area (Å²) >= 11 is 0. The molecule has 1 N–H and O–H groups in total. The van der Waals surface area contributed by atoms with Crippen LogP contribution in [-0.4, -0.2) is 51.2 Å². The molecule has 0 spiro atoms. The van der Waals surface area contributed by atoms with Gasteiger partial charge in [-0.15, -0.1) is 0 Å². The van der Waals surface area contributed by atoms with Gasteiger partial charge in [0.1, 0.15) is 0 Å². The largest absolute Gasteiger partial charge is 0.479 e. The molecule has 0 aromatic heterocycles. The predicted octanol–water partition coefficient (Wildman–Crippen LogP) is 3.95. The van der Waals surface area contributed by atoms with Crippen molar-refractivity contribution in [2.24, 2.45) is 35.5 Å². The number of nitrogens with zero attached hydrogens (tertiary/aromatic N) is 2. The van der Waals surface area contributed by atoms with Gasteiger partial charge in [0.25, 0.3) is 0 Å². The van der Waals surface area contributed by atoms with Crippen molar-refractivity contribution in [2.45, 2.75) is 94.3 Å². The Balaban J connectivity index is 1.23. The first-order chi connectivity index (χ1) is 13.5. The van der Waals surface area contributed by atoms with E-state index in [1.165, 1.54) is 77.0 Å². The molecule has 154 valence electrons. The molecule has 0 radical (unpaired) electrons. The zero-order chi connectivity index (χ0) is 18.7. The lowest BCUT2D eigenvalue weighted by atomic mass is 9.52. The third-order valence-corrected chi connectivity index (χ3v) is 10.6. The molecule has 0 aromatic rings. The van der Waals surface area contributed by atoms with Crippen LogP contribution in [0.3, 0.4) is 0 Å². The van der Waals surface area contributed by atoms with E-state index in [0.29, 0.717) is 0 Å². The molecule has 8 saturated carbocycles. The highest BCUT2D eigenvalue weighted by molar-refractivity contribution is 5.74. The van der Waals surface area contributed by atoms with Gasteiger partial charge in [0.2, 0.25) is 0 Å². The molecule has 1 heterocycles. The molecular formula is C24H36N2O2. The van der Waals surface area contributed by atoms with Crippen molar-refractivity contribution < 1.29 is 9.90 Å². The Hall–Kier alpha value is -0.610. The Morgan fingerprint density at radius 1 is 0.607 bits per heavy atom. The molecule has 0 aromatic carbocycles. The molecule has 9 rings (SSSR count). The second kappa shape index (κ2) is 5.55. The maximum atomic E-state index is 12.7. The monoisotopic (exact) mass is 384 g/mol. The minimum atomic E-state index is -0.552. The van der Waals surface area contributed by atoms with Crippen molar-refractivity contribution in [3.63, 3.8) is 0 Å². The van der Waals surface area contributed by atoms with Crippen LogP contribution in [0, 0.1) is 35.5 Å². The summed E-state index contributed by atoms with van der Waals surface area (Å²) in [6, 6.07) is 0. The lowest BCUT2D eigenvalue weighted by molar-refractivity contribution is -0.173. The molecule has 0 amide bonds.